The minimum absolute atomic E-state index is 0.803. The smallest absolute Gasteiger partial charge is 0.0986 e. The van der Waals surface area contributed by atoms with Crippen molar-refractivity contribution in [2.45, 2.75) is 6.92 Å². The van der Waals surface area contributed by atoms with E-state index in [4.69, 9.17) is 5.84 Å². The molecule has 0 aliphatic rings. The molecule has 2 N–H and O–H groups in total. The Balaban J connectivity index is 3.16. The Kier molecular flexibility index (Phi) is 3.32. The van der Waals surface area contributed by atoms with Crippen LogP contribution in [0, 0.1) is 0 Å². The minimum atomic E-state index is 0.803. The molecule has 0 radical (unpaired) electrons. The number of aliphatic imine (C=N–C) groups is 1. The van der Waals surface area contributed by atoms with Gasteiger partial charge in [0, 0.05) is 13.6 Å². The molecule has 0 rings (SSSR count). The standard InChI is InChI=1S/C4H11N3/c1-3-7(5)4-6-2/h4H,3,5H2,1-2H3/b6-4-. The number of hydrogen-bond donors (Lipinski definition) is 1. The summed E-state index contributed by atoms with van der Waals surface area (Å²) in [6, 6.07) is 0. The molecule has 0 aromatic rings. The number of nitrogens with two attached hydrogens (primary N) is 1. The molecule has 0 fully saturated rings. The van der Waals surface area contributed by atoms with Crippen molar-refractivity contribution in [2.75, 3.05) is 13.6 Å². The lowest BCUT2D eigenvalue weighted by Gasteiger charge is -2.05. The lowest BCUT2D eigenvalue weighted by molar-refractivity contribution is 0.479. The molecule has 0 aliphatic carbocycles. The maximum atomic E-state index is 5.27. The summed E-state index contributed by atoms with van der Waals surface area (Å²) in [5.74, 6) is 5.27. The first-order chi connectivity index (χ1) is 3.31. The van der Waals surface area contributed by atoms with Crippen molar-refractivity contribution >= 4 is 6.34 Å². The van der Waals surface area contributed by atoms with Crippen LogP contribution in [0.25, 0.3) is 0 Å². The first-order valence-electron chi connectivity index (χ1n) is 2.25. The highest BCUT2D eigenvalue weighted by atomic mass is 15.4. The molecule has 3 nitrogen and oxygen atoms in total. The fourth-order valence-corrected chi connectivity index (χ4v) is 0.230. The normalized spacial score (nSPS) is 10.1. The summed E-state index contributed by atoms with van der Waals surface area (Å²) >= 11 is 0. The number of hydrogen-bond acceptors (Lipinski definition) is 2. The van der Waals surface area contributed by atoms with Gasteiger partial charge in [0.25, 0.3) is 0 Å². The zero-order valence-electron chi connectivity index (χ0n) is 4.76. The molecular weight excluding hydrogens is 90.1 g/mol. The maximum absolute atomic E-state index is 5.27. The fourth-order valence-electron chi connectivity index (χ4n) is 0.230. The van der Waals surface area contributed by atoms with Crippen molar-refractivity contribution in [2.24, 2.45) is 10.8 Å². The predicted octanol–water partition coefficient (Wildman–Crippen LogP) is -0.160. The maximum Gasteiger partial charge on any atom is 0.0986 e. The van der Waals surface area contributed by atoms with Crippen LogP contribution in [0.5, 0.6) is 0 Å². The Labute approximate surface area is 43.8 Å². The van der Waals surface area contributed by atoms with Crippen molar-refractivity contribution < 1.29 is 0 Å². The molecule has 0 amide bonds. The molecule has 0 saturated carbocycles. The Morgan fingerprint density at radius 2 is 2.43 bits per heavy atom. The molecule has 0 aromatic heterocycles. The molecule has 0 bridgehead atoms. The van der Waals surface area contributed by atoms with E-state index in [-0.39, 0.29) is 0 Å². The van der Waals surface area contributed by atoms with Gasteiger partial charge in [-0.05, 0) is 6.92 Å². The SMILES string of the molecule is CCN(N)/C=N\C. The van der Waals surface area contributed by atoms with Crippen LogP contribution in [-0.4, -0.2) is 24.9 Å². The molecule has 0 spiro atoms. The second kappa shape index (κ2) is 3.61. The lowest BCUT2D eigenvalue weighted by Crippen LogP contribution is -2.28. The quantitative estimate of drug-likeness (QED) is 0.227. The summed E-state index contributed by atoms with van der Waals surface area (Å²) < 4.78 is 0. The summed E-state index contributed by atoms with van der Waals surface area (Å²) in [4.78, 5) is 3.68. The van der Waals surface area contributed by atoms with E-state index in [1.807, 2.05) is 6.92 Å². The van der Waals surface area contributed by atoms with E-state index in [2.05, 4.69) is 4.99 Å². The Bertz CT molecular complexity index is 60.0. The zero-order valence-corrected chi connectivity index (χ0v) is 4.76. The van der Waals surface area contributed by atoms with Crippen molar-refractivity contribution in [3.8, 4) is 0 Å². The molecule has 0 heterocycles. The number of hydrazine groups is 1. The van der Waals surface area contributed by atoms with Crippen molar-refractivity contribution in [1.29, 1.82) is 0 Å². The van der Waals surface area contributed by atoms with Crippen molar-refractivity contribution in [3.05, 3.63) is 0 Å². The van der Waals surface area contributed by atoms with Crippen LogP contribution in [0.3, 0.4) is 0 Å². The van der Waals surface area contributed by atoms with Crippen LogP contribution in [0.1, 0.15) is 6.92 Å². The van der Waals surface area contributed by atoms with Gasteiger partial charge >= 0.3 is 0 Å². The molecule has 0 aromatic carbocycles. The predicted molar refractivity (Wildman–Crippen MR) is 31.0 cm³/mol. The number of nitrogens with zero attached hydrogens (tertiary/aromatic N) is 2. The molecular formula is C4H11N3. The fraction of sp³-hybridized carbons (Fsp3) is 0.750. The largest absolute Gasteiger partial charge is 0.302 e. The summed E-state index contributed by atoms with van der Waals surface area (Å²) in [6.45, 7) is 2.76. The van der Waals surface area contributed by atoms with Crippen LogP contribution in [-0.2, 0) is 0 Å². The van der Waals surface area contributed by atoms with E-state index < -0.39 is 0 Å². The summed E-state index contributed by atoms with van der Waals surface area (Å²) in [5, 5.41) is 1.51. The third-order valence-electron chi connectivity index (χ3n) is 0.629. The van der Waals surface area contributed by atoms with Crippen LogP contribution >= 0.6 is 0 Å². The summed E-state index contributed by atoms with van der Waals surface area (Å²) in [6.07, 6.45) is 1.58. The van der Waals surface area contributed by atoms with Gasteiger partial charge in [-0.2, -0.15) is 0 Å². The van der Waals surface area contributed by atoms with Gasteiger partial charge in [-0.25, -0.2) is 5.84 Å². The lowest BCUT2D eigenvalue weighted by atomic mass is 10.7. The van der Waals surface area contributed by atoms with Gasteiger partial charge in [0.05, 0.1) is 6.34 Å². The van der Waals surface area contributed by atoms with Crippen molar-refractivity contribution in [3.63, 3.8) is 0 Å². The average Bonchev–Trinajstić information content (AvgIpc) is 1.68. The second-order valence-electron chi connectivity index (χ2n) is 1.20. The van der Waals surface area contributed by atoms with Gasteiger partial charge in [0.2, 0.25) is 0 Å². The van der Waals surface area contributed by atoms with E-state index in [1.165, 1.54) is 5.01 Å². The van der Waals surface area contributed by atoms with Gasteiger partial charge in [-0.15, -0.1) is 0 Å². The van der Waals surface area contributed by atoms with E-state index in [0.717, 1.165) is 6.54 Å². The topological polar surface area (TPSA) is 41.6 Å². The molecule has 0 unspecified atom stereocenters. The first kappa shape index (κ1) is 6.43. The Morgan fingerprint density at radius 3 is 2.57 bits per heavy atom. The second-order valence-corrected chi connectivity index (χ2v) is 1.20. The highest BCUT2D eigenvalue weighted by Crippen LogP contribution is 1.64. The Morgan fingerprint density at radius 1 is 1.86 bits per heavy atom. The van der Waals surface area contributed by atoms with Crippen LogP contribution < -0.4 is 5.84 Å². The van der Waals surface area contributed by atoms with Crippen LogP contribution in [0.2, 0.25) is 0 Å². The molecule has 0 atom stereocenters. The van der Waals surface area contributed by atoms with Crippen LogP contribution in [0.4, 0.5) is 0 Å². The molecule has 42 valence electrons. The first-order valence-corrected chi connectivity index (χ1v) is 2.25. The molecule has 0 saturated heterocycles. The number of rotatable bonds is 2. The van der Waals surface area contributed by atoms with E-state index in [1.54, 1.807) is 13.4 Å². The average molecular weight is 101 g/mol. The third kappa shape index (κ3) is 3.26. The van der Waals surface area contributed by atoms with Crippen LogP contribution in [0.15, 0.2) is 4.99 Å². The highest BCUT2D eigenvalue weighted by molar-refractivity contribution is 5.53. The van der Waals surface area contributed by atoms with Crippen molar-refractivity contribution in [1.82, 2.24) is 5.01 Å². The Hall–Kier alpha value is -0.570. The van der Waals surface area contributed by atoms with Gasteiger partial charge in [0.15, 0.2) is 0 Å². The van der Waals surface area contributed by atoms with Gasteiger partial charge in [-0.3, -0.25) is 4.99 Å². The van der Waals surface area contributed by atoms with Gasteiger partial charge in [-0.1, -0.05) is 0 Å². The summed E-state index contributed by atoms with van der Waals surface area (Å²) in [7, 11) is 1.69. The zero-order chi connectivity index (χ0) is 5.70. The van der Waals surface area contributed by atoms with Gasteiger partial charge < -0.3 is 5.01 Å². The monoisotopic (exact) mass is 101 g/mol. The third-order valence-corrected chi connectivity index (χ3v) is 0.629. The highest BCUT2D eigenvalue weighted by Gasteiger charge is 1.78. The summed E-state index contributed by atoms with van der Waals surface area (Å²) in [5.41, 5.74) is 0. The molecule has 0 aliphatic heterocycles. The van der Waals surface area contributed by atoms with Gasteiger partial charge in [0.1, 0.15) is 0 Å². The molecule has 3 heteroatoms. The molecule has 7 heavy (non-hydrogen) atoms. The van der Waals surface area contributed by atoms with E-state index in [0.29, 0.717) is 0 Å². The van der Waals surface area contributed by atoms with E-state index in [9.17, 15) is 0 Å². The minimum Gasteiger partial charge on any atom is -0.302 e. The van der Waals surface area contributed by atoms with E-state index >= 15 is 0 Å².